The second kappa shape index (κ2) is 5.03. The molecule has 0 atom stereocenters. The van der Waals surface area contributed by atoms with Crippen LogP contribution in [-0.4, -0.2) is 11.0 Å². The molecule has 0 saturated heterocycles. The maximum Gasteiger partial charge on any atom is 0.208 e. The summed E-state index contributed by atoms with van der Waals surface area (Å²) in [6.07, 6.45) is 4.23. The summed E-state index contributed by atoms with van der Waals surface area (Å²) in [5, 5.41) is 4.01. The van der Waals surface area contributed by atoms with E-state index in [0.29, 0.717) is 29.3 Å². The molecule has 1 aromatic heterocycles. The summed E-state index contributed by atoms with van der Waals surface area (Å²) in [6.45, 7) is 0.677. The van der Waals surface area contributed by atoms with Gasteiger partial charge in [0.05, 0.1) is 17.8 Å². The summed E-state index contributed by atoms with van der Waals surface area (Å²) < 4.78 is 6.56. The van der Waals surface area contributed by atoms with Gasteiger partial charge in [-0.3, -0.25) is 0 Å². The Morgan fingerprint density at radius 3 is 3.06 bits per heavy atom. The van der Waals surface area contributed by atoms with Gasteiger partial charge >= 0.3 is 0 Å². The highest BCUT2D eigenvalue weighted by molar-refractivity contribution is 9.10. The maximum absolute atomic E-state index is 6.22. The van der Waals surface area contributed by atoms with Crippen molar-refractivity contribution in [3.05, 3.63) is 39.8 Å². The normalized spacial score (nSPS) is 15.0. The van der Waals surface area contributed by atoms with Gasteiger partial charge in [0.1, 0.15) is 0 Å². The van der Waals surface area contributed by atoms with Gasteiger partial charge in [-0.2, -0.15) is 0 Å². The Labute approximate surface area is 119 Å². The average molecular weight is 328 g/mol. The number of nitrogens with one attached hydrogen (secondary N) is 1. The lowest BCUT2D eigenvalue weighted by Gasteiger charge is -2.02. The van der Waals surface area contributed by atoms with E-state index in [1.54, 1.807) is 6.20 Å². The van der Waals surface area contributed by atoms with E-state index in [2.05, 4.69) is 26.2 Å². The predicted octanol–water partition coefficient (Wildman–Crippen LogP) is 4.01. The molecule has 18 heavy (non-hydrogen) atoms. The predicted molar refractivity (Wildman–Crippen MR) is 74.5 cm³/mol. The van der Waals surface area contributed by atoms with Crippen molar-refractivity contribution in [2.45, 2.75) is 25.4 Å². The molecule has 1 aliphatic carbocycles. The van der Waals surface area contributed by atoms with Crippen molar-refractivity contribution in [2.75, 3.05) is 0 Å². The summed E-state index contributed by atoms with van der Waals surface area (Å²) in [5.41, 5.74) is 0.858. The van der Waals surface area contributed by atoms with Gasteiger partial charge in [-0.1, -0.05) is 17.7 Å². The van der Waals surface area contributed by atoms with Crippen molar-refractivity contribution >= 4 is 27.5 Å². The molecule has 1 heterocycles. The molecule has 1 fully saturated rings. The number of hydrogen-bond donors (Lipinski definition) is 1. The van der Waals surface area contributed by atoms with Gasteiger partial charge in [-0.15, -0.1) is 0 Å². The fraction of sp³-hybridized carbons (Fsp3) is 0.308. The minimum atomic E-state index is 0.648. The van der Waals surface area contributed by atoms with Gasteiger partial charge in [-0.25, -0.2) is 4.98 Å². The number of benzene rings is 1. The summed E-state index contributed by atoms with van der Waals surface area (Å²) >= 11 is 9.63. The monoisotopic (exact) mass is 326 g/mol. The number of aromatic nitrogens is 1. The number of rotatable bonds is 4. The molecule has 1 N–H and O–H groups in total. The number of nitrogens with zero attached hydrogens (tertiary/aromatic N) is 1. The molecule has 0 aliphatic heterocycles. The van der Waals surface area contributed by atoms with Gasteiger partial charge in [0, 0.05) is 16.1 Å². The van der Waals surface area contributed by atoms with Crippen LogP contribution >= 0.6 is 27.5 Å². The molecule has 3 nitrogen and oxygen atoms in total. The van der Waals surface area contributed by atoms with Crippen LogP contribution in [0.1, 0.15) is 18.7 Å². The van der Waals surface area contributed by atoms with Crippen molar-refractivity contribution in [2.24, 2.45) is 0 Å². The first-order chi connectivity index (χ1) is 8.74. The van der Waals surface area contributed by atoms with Crippen molar-refractivity contribution in [3.8, 4) is 11.3 Å². The lowest BCUT2D eigenvalue weighted by Crippen LogP contribution is -2.15. The number of hydrogen-bond acceptors (Lipinski definition) is 3. The van der Waals surface area contributed by atoms with Gasteiger partial charge < -0.3 is 9.73 Å². The zero-order chi connectivity index (χ0) is 12.5. The van der Waals surface area contributed by atoms with Crippen molar-refractivity contribution in [1.29, 1.82) is 0 Å². The van der Waals surface area contributed by atoms with Crippen LogP contribution in [0, 0.1) is 0 Å². The van der Waals surface area contributed by atoms with E-state index in [1.165, 1.54) is 12.8 Å². The third kappa shape index (κ3) is 2.60. The quantitative estimate of drug-likeness (QED) is 0.922. The lowest BCUT2D eigenvalue weighted by atomic mass is 10.2. The minimum Gasteiger partial charge on any atom is -0.439 e. The second-order valence-electron chi connectivity index (χ2n) is 4.37. The van der Waals surface area contributed by atoms with Crippen molar-refractivity contribution in [3.63, 3.8) is 0 Å². The van der Waals surface area contributed by atoms with E-state index in [-0.39, 0.29) is 0 Å². The van der Waals surface area contributed by atoms with Crippen LogP contribution in [0.3, 0.4) is 0 Å². The van der Waals surface area contributed by atoms with Crippen LogP contribution in [0.15, 0.2) is 33.3 Å². The maximum atomic E-state index is 6.22. The third-order valence-corrected chi connectivity index (χ3v) is 4.19. The molecule has 1 aromatic carbocycles. The molecular weight excluding hydrogens is 316 g/mol. The molecule has 94 valence electrons. The Hall–Kier alpha value is -0.840. The average Bonchev–Trinajstić information content (AvgIpc) is 3.08. The molecule has 0 radical (unpaired) electrons. The van der Waals surface area contributed by atoms with Crippen LogP contribution in [0.5, 0.6) is 0 Å². The van der Waals surface area contributed by atoms with E-state index in [4.69, 9.17) is 16.0 Å². The van der Waals surface area contributed by atoms with Crippen molar-refractivity contribution in [1.82, 2.24) is 10.3 Å². The summed E-state index contributed by atoms with van der Waals surface area (Å²) in [5.74, 6) is 1.40. The zero-order valence-electron chi connectivity index (χ0n) is 9.62. The Kier molecular flexibility index (Phi) is 3.41. The molecule has 0 bridgehead atoms. The molecule has 0 unspecified atom stereocenters. The van der Waals surface area contributed by atoms with Crippen LogP contribution < -0.4 is 5.32 Å². The molecular formula is C13H12BrClN2O. The highest BCUT2D eigenvalue weighted by atomic mass is 79.9. The van der Waals surface area contributed by atoms with Crippen molar-refractivity contribution < 1.29 is 4.42 Å². The molecule has 2 aromatic rings. The largest absolute Gasteiger partial charge is 0.439 e. The van der Waals surface area contributed by atoms with E-state index in [0.717, 1.165) is 10.0 Å². The zero-order valence-corrected chi connectivity index (χ0v) is 12.0. The first kappa shape index (κ1) is 12.2. The SMILES string of the molecule is Clc1c(Br)cccc1-c1cnc(CNC2CC2)o1. The Balaban J connectivity index is 1.80. The van der Waals surface area contributed by atoms with Gasteiger partial charge in [0.15, 0.2) is 5.76 Å². The first-order valence-corrected chi connectivity index (χ1v) is 7.03. The molecule has 0 amide bonds. The van der Waals surface area contributed by atoms with Crippen LogP contribution in [0.4, 0.5) is 0 Å². The fourth-order valence-corrected chi connectivity index (χ4v) is 2.32. The van der Waals surface area contributed by atoms with Gasteiger partial charge in [-0.05, 0) is 40.9 Å². The first-order valence-electron chi connectivity index (χ1n) is 5.86. The molecule has 0 spiro atoms. The van der Waals surface area contributed by atoms with E-state index < -0.39 is 0 Å². The Morgan fingerprint density at radius 2 is 2.28 bits per heavy atom. The molecule has 3 rings (SSSR count). The fourth-order valence-electron chi connectivity index (χ4n) is 1.73. The molecule has 5 heteroatoms. The standard InChI is InChI=1S/C13H12BrClN2O/c14-10-3-1-2-9(13(10)15)11-6-17-12(18-11)7-16-8-4-5-8/h1-3,6,8,16H,4-5,7H2. The summed E-state index contributed by atoms with van der Waals surface area (Å²) in [6, 6.07) is 6.40. The highest BCUT2D eigenvalue weighted by Crippen LogP contribution is 2.33. The van der Waals surface area contributed by atoms with E-state index >= 15 is 0 Å². The summed E-state index contributed by atoms with van der Waals surface area (Å²) in [7, 11) is 0. The molecule has 1 saturated carbocycles. The highest BCUT2D eigenvalue weighted by Gasteiger charge is 2.21. The topological polar surface area (TPSA) is 38.1 Å². The van der Waals surface area contributed by atoms with Gasteiger partial charge in [0.2, 0.25) is 5.89 Å². The third-order valence-electron chi connectivity index (χ3n) is 2.89. The van der Waals surface area contributed by atoms with E-state index in [9.17, 15) is 0 Å². The van der Waals surface area contributed by atoms with Crippen LogP contribution in [-0.2, 0) is 6.54 Å². The minimum absolute atomic E-state index is 0.648. The molecule has 1 aliphatic rings. The second-order valence-corrected chi connectivity index (χ2v) is 5.61. The number of halogens is 2. The Morgan fingerprint density at radius 1 is 1.44 bits per heavy atom. The Bertz CT molecular complexity index is 566. The van der Waals surface area contributed by atoms with Crippen LogP contribution in [0.25, 0.3) is 11.3 Å². The number of oxazole rings is 1. The van der Waals surface area contributed by atoms with E-state index in [1.807, 2.05) is 18.2 Å². The summed E-state index contributed by atoms with van der Waals surface area (Å²) in [4.78, 5) is 4.26. The smallest absolute Gasteiger partial charge is 0.208 e. The van der Waals surface area contributed by atoms with Crippen LogP contribution in [0.2, 0.25) is 5.02 Å². The van der Waals surface area contributed by atoms with Gasteiger partial charge in [0.25, 0.3) is 0 Å². The lowest BCUT2D eigenvalue weighted by molar-refractivity contribution is 0.476.